The number of carboxylic acids is 1. The highest BCUT2D eigenvalue weighted by Gasteiger charge is 2.07. The van der Waals surface area contributed by atoms with Gasteiger partial charge in [-0.25, -0.2) is 0 Å². The van der Waals surface area contributed by atoms with Crippen LogP contribution in [0, 0.1) is 13.8 Å². The van der Waals surface area contributed by atoms with Crippen molar-refractivity contribution >= 4 is 23.6 Å². The van der Waals surface area contributed by atoms with Crippen LogP contribution in [0.3, 0.4) is 0 Å². The Hall–Kier alpha value is -2.27. The van der Waals surface area contributed by atoms with Gasteiger partial charge in [0.05, 0.1) is 0 Å². The predicted molar refractivity (Wildman–Crippen MR) is 115 cm³/mol. The zero-order valence-electron chi connectivity index (χ0n) is 16.7. The van der Waals surface area contributed by atoms with Crippen LogP contribution in [-0.4, -0.2) is 23.5 Å². The molecule has 2 aromatic carbocycles. The second-order valence-electron chi connectivity index (χ2n) is 7.07. The van der Waals surface area contributed by atoms with Gasteiger partial charge in [0.2, 0.25) is 0 Å². The van der Waals surface area contributed by atoms with E-state index in [1.165, 1.54) is 16.0 Å². The van der Waals surface area contributed by atoms with Gasteiger partial charge in [0.1, 0.15) is 0 Å². The average molecular weight is 400 g/mol. The van der Waals surface area contributed by atoms with Crippen molar-refractivity contribution in [2.75, 3.05) is 6.54 Å². The van der Waals surface area contributed by atoms with Crippen LogP contribution in [0.15, 0.2) is 47.4 Å². The van der Waals surface area contributed by atoms with Crippen molar-refractivity contribution in [2.24, 2.45) is 0 Å². The first-order valence-corrected chi connectivity index (χ1v) is 10.7. The lowest BCUT2D eigenvalue weighted by Crippen LogP contribution is -2.24. The lowest BCUT2D eigenvalue weighted by Gasteiger charge is -2.09. The molecule has 28 heavy (non-hydrogen) atoms. The van der Waals surface area contributed by atoms with Crippen molar-refractivity contribution in [2.45, 2.75) is 56.6 Å². The average Bonchev–Trinajstić information content (AvgIpc) is 2.66. The monoisotopic (exact) mass is 399 g/mol. The van der Waals surface area contributed by atoms with Crippen LogP contribution in [-0.2, 0) is 10.5 Å². The van der Waals surface area contributed by atoms with Gasteiger partial charge in [-0.05, 0) is 56.0 Å². The first kappa shape index (κ1) is 22.0. The second kappa shape index (κ2) is 11.5. The zero-order valence-corrected chi connectivity index (χ0v) is 17.5. The minimum absolute atomic E-state index is 0.0519. The number of thioether (sulfide) groups is 1. The molecule has 2 rings (SSSR count). The summed E-state index contributed by atoms with van der Waals surface area (Å²) >= 11 is 1.79. The van der Waals surface area contributed by atoms with E-state index in [1.54, 1.807) is 11.8 Å². The molecular formula is C23H29NO3S. The molecule has 0 unspecified atom stereocenters. The van der Waals surface area contributed by atoms with Crippen molar-refractivity contribution in [3.63, 3.8) is 0 Å². The molecule has 0 radical (unpaired) electrons. The summed E-state index contributed by atoms with van der Waals surface area (Å²) in [7, 11) is 0. The molecule has 0 saturated carbocycles. The van der Waals surface area contributed by atoms with E-state index < -0.39 is 5.97 Å². The molecule has 4 nitrogen and oxygen atoms in total. The maximum absolute atomic E-state index is 12.3. The van der Waals surface area contributed by atoms with Gasteiger partial charge in [0.15, 0.2) is 0 Å². The summed E-state index contributed by atoms with van der Waals surface area (Å²) in [5, 5.41) is 11.6. The third kappa shape index (κ3) is 7.77. The maximum atomic E-state index is 12.3. The number of amides is 1. The fourth-order valence-electron chi connectivity index (χ4n) is 2.98. The SMILES string of the molecule is Cc1ccc(SCc2cccc(C(=O)NCCCCCCC(=O)O)c2)c(C)c1. The van der Waals surface area contributed by atoms with E-state index in [9.17, 15) is 9.59 Å². The minimum Gasteiger partial charge on any atom is -0.481 e. The zero-order chi connectivity index (χ0) is 20.4. The topological polar surface area (TPSA) is 66.4 Å². The van der Waals surface area contributed by atoms with Crippen molar-refractivity contribution in [3.8, 4) is 0 Å². The fraction of sp³-hybridized carbons (Fsp3) is 0.391. The van der Waals surface area contributed by atoms with Gasteiger partial charge >= 0.3 is 5.97 Å². The molecule has 2 N–H and O–H groups in total. The predicted octanol–water partition coefficient (Wildman–Crippen LogP) is 5.36. The first-order chi connectivity index (χ1) is 13.5. The molecule has 0 aliphatic rings. The van der Waals surface area contributed by atoms with Gasteiger partial charge in [-0.15, -0.1) is 11.8 Å². The molecule has 0 heterocycles. The molecular weight excluding hydrogens is 370 g/mol. The van der Waals surface area contributed by atoms with E-state index >= 15 is 0 Å². The van der Waals surface area contributed by atoms with Crippen LogP contribution in [0.4, 0.5) is 0 Å². The molecule has 0 bridgehead atoms. The number of hydrogen-bond acceptors (Lipinski definition) is 3. The summed E-state index contributed by atoms with van der Waals surface area (Å²) in [5.74, 6) is 0.0296. The summed E-state index contributed by atoms with van der Waals surface area (Å²) in [4.78, 5) is 24.1. The number of unbranched alkanes of at least 4 members (excludes halogenated alkanes) is 3. The summed E-state index contributed by atoms with van der Waals surface area (Å²) in [6, 6.07) is 14.2. The molecule has 0 fully saturated rings. The highest BCUT2D eigenvalue weighted by Crippen LogP contribution is 2.26. The number of aliphatic carboxylic acids is 1. The van der Waals surface area contributed by atoms with E-state index in [0.717, 1.165) is 30.6 Å². The van der Waals surface area contributed by atoms with E-state index in [0.29, 0.717) is 18.5 Å². The Morgan fingerprint density at radius 3 is 2.54 bits per heavy atom. The highest BCUT2D eigenvalue weighted by molar-refractivity contribution is 7.98. The smallest absolute Gasteiger partial charge is 0.303 e. The second-order valence-corrected chi connectivity index (χ2v) is 8.09. The van der Waals surface area contributed by atoms with Crippen molar-refractivity contribution in [1.82, 2.24) is 5.32 Å². The largest absolute Gasteiger partial charge is 0.481 e. The van der Waals surface area contributed by atoms with Crippen molar-refractivity contribution in [1.29, 1.82) is 0 Å². The number of carbonyl (C=O) groups excluding carboxylic acids is 1. The summed E-state index contributed by atoms with van der Waals surface area (Å²) in [6.07, 6.45) is 3.60. The Labute approximate surface area is 171 Å². The van der Waals surface area contributed by atoms with Gasteiger partial charge in [-0.1, -0.05) is 42.7 Å². The number of carbonyl (C=O) groups is 2. The molecule has 150 valence electrons. The van der Waals surface area contributed by atoms with Crippen LogP contribution in [0.1, 0.15) is 59.2 Å². The Morgan fingerprint density at radius 2 is 1.79 bits per heavy atom. The molecule has 5 heteroatoms. The Balaban J connectivity index is 1.76. The number of nitrogens with one attached hydrogen (secondary N) is 1. The summed E-state index contributed by atoms with van der Waals surface area (Å²) < 4.78 is 0. The molecule has 2 aromatic rings. The number of hydrogen-bond donors (Lipinski definition) is 2. The Morgan fingerprint density at radius 1 is 1.00 bits per heavy atom. The van der Waals surface area contributed by atoms with Crippen LogP contribution in [0.2, 0.25) is 0 Å². The van der Waals surface area contributed by atoms with Gasteiger partial charge in [0.25, 0.3) is 5.91 Å². The normalized spacial score (nSPS) is 10.6. The van der Waals surface area contributed by atoms with E-state index in [2.05, 4.69) is 43.4 Å². The molecule has 0 aliphatic heterocycles. The number of carboxylic acid groups (broad SMARTS) is 1. The third-order valence-electron chi connectivity index (χ3n) is 4.52. The van der Waals surface area contributed by atoms with Gasteiger partial charge in [0, 0.05) is 29.2 Å². The molecule has 0 spiro atoms. The summed E-state index contributed by atoms with van der Waals surface area (Å²) in [6.45, 7) is 4.84. The van der Waals surface area contributed by atoms with Crippen LogP contribution in [0.25, 0.3) is 0 Å². The van der Waals surface area contributed by atoms with Gasteiger partial charge in [-0.2, -0.15) is 0 Å². The minimum atomic E-state index is -0.746. The van der Waals surface area contributed by atoms with E-state index in [4.69, 9.17) is 5.11 Å². The number of aryl methyl sites for hydroxylation is 2. The molecule has 0 atom stereocenters. The quantitative estimate of drug-likeness (QED) is 0.394. The molecule has 0 saturated heterocycles. The first-order valence-electron chi connectivity index (χ1n) is 9.74. The Bertz CT molecular complexity index is 804. The fourth-order valence-corrected chi connectivity index (χ4v) is 3.94. The van der Waals surface area contributed by atoms with E-state index in [-0.39, 0.29) is 12.3 Å². The van der Waals surface area contributed by atoms with Gasteiger partial charge in [-0.3, -0.25) is 9.59 Å². The number of benzene rings is 2. The van der Waals surface area contributed by atoms with Crippen LogP contribution >= 0.6 is 11.8 Å². The Kier molecular flexibility index (Phi) is 9.08. The van der Waals surface area contributed by atoms with Crippen molar-refractivity contribution < 1.29 is 14.7 Å². The lowest BCUT2D eigenvalue weighted by atomic mass is 10.1. The third-order valence-corrected chi connectivity index (χ3v) is 5.76. The molecule has 0 aliphatic carbocycles. The van der Waals surface area contributed by atoms with Crippen LogP contribution < -0.4 is 5.32 Å². The highest BCUT2D eigenvalue weighted by atomic mass is 32.2. The standard InChI is InChI=1S/C23H29NO3S/c1-17-11-12-21(18(2)14-17)28-16-19-8-7-9-20(15-19)23(27)24-13-6-4-3-5-10-22(25)26/h7-9,11-12,14-15H,3-6,10,13,16H2,1-2H3,(H,24,27)(H,25,26). The lowest BCUT2D eigenvalue weighted by molar-refractivity contribution is -0.137. The van der Waals surface area contributed by atoms with Crippen molar-refractivity contribution in [3.05, 3.63) is 64.7 Å². The maximum Gasteiger partial charge on any atom is 0.303 e. The molecule has 1 amide bonds. The molecule has 0 aromatic heterocycles. The van der Waals surface area contributed by atoms with Crippen LogP contribution in [0.5, 0.6) is 0 Å². The summed E-state index contributed by atoms with van der Waals surface area (Å²) in [5.41, 5.74) is 4.36. The van der Waals surface area contributed by atoms with E-state index in [1.807, 2.05) is 18.2 Å². The number of rotatable bonds is 11. The van der Waals surface area contributed by atoms with Gasteiger partial charge < -0.3 is 10.4 Å².